The van der Waals surface area contributed by atoms with Crippen LogP contribution in [0.5, 0.6) is 0 Å². The average molecular weight is 412 g/mol. The van der Waals surface area contributed by atoms with Gasteiger partial charge in [0.15, 0.2) is 5.82 Å². The van der Waals surface area contributed by atoms with Crippen molar-refractivity contribution >= 4 is 11.7 Å². The van der Waals surface area contributed by atoms with Gasteiger partial charge in [0.05, 0.1) is 17.6 Å². The maximum atomic E-state index is 12.9. The molecule has 2 saturated carbocycles. The number of carbonyl (C=O) groups is 1. The average Bonchev–Trinajstić information content (AvgIpc) is 3.73. The van der Waals surface area contributed by atoms with E-state index < -0.39 is 0 Å². The van der Waals surface area contributed by atoms with Crippen LogP contribution in [-0.4, -0.2) is 40.6 Å². The molecule has 0 radical (unpaired) electrons. The van der Waals surface area contributed by atoms with Crippen molar-refractivity contribution in [3.63, 3.8) is 0 Å². The zero-order valence-electron chi connectivity index (χ0n) is 16.7. The normalized spacial score (nSPS) is 15.7. The highest BCUT2D eigenvalue weighted by Gasteiger charge is 2.27. The summed E-state index contributed by atoms with van der Waals surface area (Å²) in [6.45, 7) is 0. The van der Waals surface area contributed by atoms with Crippen molar-refractivity contribution in [2.75, 3.05) is 5.32 Å². The fourth-order valence-corrected chi connectivity index (χ4v) is 3.62. The lowest BCUT2D eigenvalue weighted by Gasteiger charge is -2.08. The number of hydrogen-bond acceptors (Lipinski definition) is 6. The predicted molar refractivity (Wildman–Crippen MR) is 113 cm³/mol. The molecule has 0 saturated heterocycles. The van der Waals surface area contributed by atoms with Gasteiger partial charge in [-0.3, -0.25) is 4.79 Å². The molecule has 0 spiro atoms. The summed E-state index contributed by atoms with van der Waals surface area (Å²) in [5.41, 5.74) is 3.02. The Kier molecular flexibility index (Phi) is 4.12. The van der Waals surface area contributed by atoms with Crippen LogP contribution in [0.3, 0.4) is 0 Å². The van der Waals surface area contributed by atoms with Gasteiger partial charge in [0, 0.05) is 17.5 Å². The van der Waals surface area contributed by atoms with Crippen molar-refractivity contribution in [2.24, 2.45) is 0 Å². The van der Waals surface area contributed by atoms with Gasteiger partial charge in [-0.05, 0) is 56.0 Å². The molecule has 4 aromatic rings. The smallest absolute Gasteiger partial charge is 0.256 e. The van der Waals surface area contributed by atoms with Gasteiger partial charge in [0.2, 0.25) is 0 Å². The Morgan fingerprint density at radius 3 is 2.74 bits per heavy atom. The van der Waals surface area contributed by atoms with Gasteiger partial charge in [-0.15, -0.1) is 15.3 Å². The zero-order chi connectivity index (χ0) is 20.8. The van der Waals surface area contributed by atoms with Crippen LogP contribution in [0.4, 0.5) is 5.82 Å². The van der Waals surface area contributed by atoms with Crippen LogP contribution in [0, 0.1) is 0 Å². The van der Waals surface area contributed by atoms with Crippen LogP contribution < -0.4 is 5.32 Å². The number of rotatable bonds is 6. The lowest BCUT2D eigenvalue weighted by Crippen LogP contribution is -2.14. The third kappa shape index (κ3) is 3.58. The van der Waals surface area contributed by atoms with Gasteiger partial charge in [-0.1, -0.05) is 17.3 Å². The molecule has 0 atom stereocenters. The maximum Gasteiger partial charge on any atom is 0.256 e. The van der Waals surface area contributed by atoms with Crippen molar-refractivity contribution in [3.05, 3.63) is 66.2 Å². The topological polar surface area (TPSA) is 103 Å². The Labute approximate surface area is 178 Å². The van der Waals surface area contributed by atoms with Crippen molar-refractivity contribution in [2.45, 2.75) is 37.6 Å². The van der Waals surface area contributed by atoms with Gasteiger partial charge in [-0.2, -0.15) is 0 Å². The number of anilines is 1. The van der Waals surface area contributed by atoms with E-state index in [0.717, 1.165) is 30.0 Å². The van der Waals surface area contributed by atoms with Gasteiger partial charge in [0.1, 0.15) is 17.8 Å². The molecule has 3 heterocycles. The highest BCUT2D eigenvalue weighted by Crippen LogP contribution is 2.39. The minimum Gasteiger partial charge on any atom is -0.309 e. The molecule has 0 unspecified atom stereocenters. The Hall–Kier alpha value is -3.88. The van der Waals surface area contributed by atoms with Gasteiger partial charge >= 0.3 is 0 Å². The van der Waals surface area contributed by atoms with Crippen LogP contribution in [0.15, 0.2) is 55.0 Å². The highest BCUT2D eigenvalue weighted by atomic mass is 16.1. The number of carbonyl (C=O) groups excluding carboxylic acids is 1. The van der Waals surface area contributed by atoms with Crippen LogP contribution in [0.2, 0.25) is 0 Å². The second kappa shape index (κ2) is 7.12. The second-order valence-corrected chi connectivity index (χ2v) is 8.07. The number of benzene rings is 1. The summed E-state index contributed by atoms with van der Waals surface area (Å²) in [6, 6.07) is 13.3. The first-order valence-electron chi connectivity index (χ1n) is 10.5. The van der Waals surface area contributed by atoms with Crippen molar-refractivity contribution in [3.8, 4) is 17.2 Å². The number of nitrogens with one attached hydrogen (secondary N) is 1. The number of amides is 1. The Bertz CT molecular complexity index is 1270. The van der Waals surface area contributed by atoms with E-state index in [-0.39, 0.29) is 5.91 Å². The van der Waals surface area contributed by atoms with E-state index in [1.54, 1.807) is 29.2 Å². The molecule has 0 aliphatic heterocycles. The molecule has 3 aromatic heterocycles. The predicted octanol–water partition coefficient (Wildman–Crippen LogP) is 3.39. The number of pyridine rings is 1. The fourth-order valence-electron chi connectivity index (χ4n) is 3.62. The number of hydrogen-bond donors (Lipinski definition) is 1. The standard InChI is InChI=1S/C22H20N8O/c31-22(15-3-1-4-17(11-15)30-12-19(26-28-30)14-7-8-14)25-20-6-2-5-18(24-20)21-27-23-13-29(21)16-9-10-16/h1-6,11-14,16H,7-10H2,(H,24,25,31). The minimum atomic E-state index is -0.238. The van der Waals surface area contributed by atoms with Crippen LogP contribution in [0.25, 0.3) is 17.2 Å². The first-order valence-corrected chi connectivity index (χ1v) is 10.5. The SMILES string of the molecule is O=C(Nc1cccc(-c2nncn2C2CC2)n1)c1cccc(-n2cc(C3CC3)nn2)c1. The van der Waals surface area contributed by atoms with Crippen LogP contribution >= 0.6 is 0 Å². The van der Waals surface area contributed by atoms with Crippen molar-refractivity contribution in [1.82, 2.24) is 34.7 Å². The summed E-state index contributed by atoms with van der Waals surface area (Å²) in [4.78, 5) is 17.5. The summed E-state index contributed by atoms with van der Waals surface area (Å²) < 4.78 is 3.76. The summed E-state index contributed by atoms with van der Waals surface area (Å²) in [5, 5.41) is 19.6. The fraction of sp³-hybridized carbons (Fsp3) is 0.273. The zero-order valence-corrected chi connectivity index (χ0v) is 16.7. The molecule has 9 heteroatoms. The molecule has 154 valence electrons. The Morgan fingerprint density at radius 1 is 1.03 bits per heavy atom. The molecule has 0 bridgehead atoms. The van der Waals surface area contributed by atoms with E-state index in [9.17, 15) is 4.79 Å². The largest absolute Gasteiger partial charge is 0.309 e. The van der Waals surface area contributed by atoms with Gasteiger partial charge < -0.3 is 9.88 Å². The molecule has 9 nitrogen and oxygen atoms in total. The molecule has 2 fully saturated rings. The molecule has 1 N–H and O–H groups in total. The molecule has 1 aromatic carbocycles. The van der Waals surface area contributed by atoms with Gasteiger partial charge in [-0.25, -0.2) is 9.67 Å². The monoisotopic (exact) mass is 412 g/mol. The van der Waals surface area contributed by atoms with Gasteiger partial charge in [0.25, 0.3) is 5.91 Å². The third-order valence-electron chi connectivity index (χ3n) is 5.61. The van der Waals surface area contributed by atoms with Crippen LogP contribution in [0.1, 0.15) is 53.7 Å². The van der Waals surface area contributed by atoms with E-state index in [0.29, 0.717) is 29.0 Å². The quantitative estimate of drug-likeness (QED) is 0.521. The minimum absolute atomic E-state index is 0.238. The van der Waals surface area contributed by atoms with E-state index >= 15 is 0 Å². The van der Waals surface area contributed by atoms with E-state index in [4.69, 9.17) is 0 Å². The molecule has 31 heavy (non-hydrogen) atoms. The Balaban J connectivity index is 1.22. The summed E-state index contributed by atoms with van der Waals surface area (Å²) in [7, 11) is 0. The summed E-state index contributed by atoms with van der Waals surface area (Å²) >= 11 is 0. The van der Waals surface area contributed by atoms with E-state index in [2.05, 4.69) is 30.8 Å². The summed E-state index contributed by atoms with van der Waals surface area (Å²) in [6.07, 6.45) is 8.28. The molecule has 2 aliphatic carbocycles. The van der Waals surface area contributed by atoms with Crippen molar-refractivity contribution < 1.29 is 4.79 Å². The van der Waals surface area contributed by atoms with Crippen LogP contribution in [-0.2, 0) is 0 Å². The first-order chi connectivity index (χ1) is 15.2. The summed E-state index contributed by atoms with van der Waals surface area (Å²) in [5.74, 6) is 1.48. The highest BCUT2D eigenvalue weighted by molar-refractivity contribution is 6.04. The molecular formula is C22H20N8O. The molecule has 6 rings (SSSR count). The first kappa shape index (κ1) is 17.9. The number of aromatic nitrogens is 7. The molecule has 2 aliphatic rings. The van der Waals surface area contributed by atoms with E-state index in [1.807, 2.05) is 35.0 Å². The maximum absolute atomic E-state index is 12.9. The van der Waals surface area contributed by atoms with Crippen molar-refractivity contribution in [1.29, 1.82) is 0 Å². The Morgan fingerprint density at radius 2 is 1.90 bits per heavy atom. The second-order valence-electron chi connectivity index (χ2n) is 8.07. The molecular weight excluding hydrogens is 392 g/mol. The lowest BCUT2D eigenvalue weighted by atomic mass is 10.2. The number of nitrogens with zero attached hydrogens (tertiary/aromatic N) is 7. The molecule has 1 amide bonds. The van der Waals surface area contributed by atoms with E-state index in [1.165, 1.54) is 12.8 Å². The third-order valence-corrected chi connectivity index (χ3v) is 5.61. The lowest BCUT2D eigenvalue weighted by molar-refractivity contribution is 0.102.